The zero-order chi connectivity index (χ0) is 13.4. The molecule has 0 aromatic carbocycles. The number of nitrogens with one attached hydrogen (secondary N) is 2. The molecule has 0 atom stereocenters. The second kappa shape index (κ2) is 8.40. The number of nitrogens with zero attached hydrogens (tertiary/aromatic N) is 1. The van der Waals surface area contributed by atoms with Crippen LogP contribution in [0.15, 0.2) is 6.07 Å². The van der Waals surface area contributed by atoms with Gasteiger partial charge >= 0.3 is 0 Å². The van der Waals surface area contributed by atoms with Crippen molar-refractivity contribution in [3.05, 3.63) is 16.1 Å². The summed E-state index contributed by atoms with van der Waals surface area (Å²) in [6.07, 6.45) is 3.24. The van der Waals surface area contributed by atoms with Crippen molar-refractivity contribution in [2.24, 2.45) is 0 Å². The fraction of sp³-hybridized carbons (Fsp3) is 0.583. The lowest BCUT2D eigenvalue weighted by atomic mass is 10.2. The van der Waals surface area contributed by atoms with Gasteiger partial charge in [-0.2, -0.15) is 0 Å². The van der Waals surface area contributed by atoms with E-state index in [-0.39, 0.29) is 0 Å². The maximum atomic E-state index is 6.06. The third kappa shape index (κ3) is 4.88. The summed E-state index contributed by atoms with van der Waals surface area (Å²) in [6, 6.07) is 1.69. The van der Waals surface area contributed by atoms with Crippen LogP contribution >= 0.6 is 23.2 Å². The molecule has 0 bridgehead atoms. The summed E-state index contributed by atoms with van der Waals surface area (Å²) in [4.78, 5) is 4.31. The monoisotopic (exact) mass is 291 g/mol. The van der Waals surface area contributed by atoms with E-state index in [0.29, 0.717) is 21.7 Å². The lowest BCUT2D eigenvalue weighted by Crippen LogP contribution is -2.06. The number of halogens is 2. The largest absolute Gasteiger partial charge is 0.385 e. The summed E-state index contributed by atoms with van der Waals surface area (Å²) >= 11 is 12.0. The number of anilines is 2. The summed E-state index contributed by atoms with van der Waals surface area (Å²) in [5.41, 5.74) is 0. The van der Waals surface area contributed by atoms with Crippen molar-refractivity contribution in [1.82, 2.24) is 4.98 Å². The molecule has 0 aliphatic carbocycles. The molecule has 0 radical (unpaired) electrons. The quantitative estimate of drug-likeness (QED) is 0.718. The van der Waals surface area contributed by atoms with Crippen LogP contribution in [0.3, 0.4) is 0 Å². The highest BCUT2D eigenvalue weighted by molar-refractivity contribution is 6.37. The minimum Gasteiger partial charge on any atom is -0.385 e. The first-order chi connectivity index (χ1) is 8.69. The highest BCUT2D eigenvalue weighted by Crippen LogP contribution is 2.28. The minimum absolute atomic E-state index is 0.521. The van der Waals surface area contributed by atoms with Crippen LogP contribution < -0.4 is 10.6 Å². The molecular weight excluding hydrogens is 273 g/mol. The molecule has 1 aromatic rings. The van der Waals surface area contributed by atoms with Crippen molar-refractivity contribution >= 4 is 34.8 Å². The number of ether oxygens (including phenoxy) is 1. The molecule has 18 heavy (non-hydrogen) atoms. The van der Waals surface area contributed by atoms with E-state index in [1.807, 2.05) is 0 Å². The number of hydrogen-bond acceptors (Lipinski definition) is 4. The Hall–Kier alpha value is -0.710. The zero-order valence-corrected chi connectivity index (χ0v) is 12.2. The molecule has 1 aromatic heterocycles. The average molecular weight is 292 g/mol. The van der Waals surface area contributed by atoms with Gasteiger partial charge in [0.1, 0.15) is 11.6 Å². The van der Waals surface area contributed by atoms with Crippen LogP contribution in [0, 0.1) is 0 Å². The van der Waals surface area contributed by atoms with E-state index in [1.54, 1.807) is 20.2 Å². The summed E-state index contributed by atoms with van der Waals surface area (Å²) in [6.45, 7) is 1.64. The molecule has 0 saturated carbocycles. The molecule has 0 unspecified atom stereocenters. The Morgan fingerprint density at radius 1 is 1.17 bits per heavy atom. The average Bonchev–Trinajstić information content (AvgIpc) is 2.36. The first kappa shape index (κ1) is 15.3. The Labute approximate surface area is 118 Å². The van der Waals surface area contributed by atoms with E-state index in [0.717, 1.165) is 32.4 Å². The normalized spacial score (nSPS) is 10.4. The smallest absolute Gasteiger partial charge is 0.147 e. The summed E-state index contributed by atoms with van der Waals surface area (Å²) in [5, 5.41) is 7.19. The van der Waals surface area contributed by atoms with Crippen LogP contribution in [-0.4, -0.2) is 32.3 Å². The van der Waals surface area contributed by atoms with Crippen LogP contribution in [0.25, 0.3) is 0 Å². The van der Waals surface area contributed by atoms with E-state index >= 15 is 0 Å². The second-order valence-electron chi connectivity index (χ2n) is 3.88. The molecule has 102 valence electrons. The highest BCUT2D eigenvalue weighted by Gasteiger charge is 2.07. The standard InChI is InChI=1S/C12H19Cl2N3O/c1-15-11-9(13)8-10(14)12(17-11)16-6-4-3-5-7-18-2/h8H,3-7H2,1-2H3,(H2,15,16,17). The van der Waals surface area contributed by atoms with Gasteiger partial charge in [0, 0.05) is 27.3 Å². The van der Waals surface area contributed by atoms with E-state index in [4.69, 9.17) is 27.9 Å². The van der Waals surface area contributed by atoms with Gasteiger partial charge in [-0.05, 0) is 25.3 Å². The number of unbranched alkanes of at least 4 members (excludes halogenated alkanes) is 2. The number of rotatable bonds is 8. The molecule has 4 nitrogen and oxygen atoms in total. The van der Waals surface area contributed by atoms with Crippen LogP contribution in [-0.2, 0) is 4.74 Å². The Bertz CT molecular complexity index is 375. The van der Waals surface area contributed by atoms with E-state index in [1.165, 1.54) is 0 Å². The van der Waals surface area contributed by atoms with E-state index in [2.05, 4.69) is 15.6 Å². The topological polar surface area (TPSA) is 46.2 Å². The summed E-state index contributed by atoms with van der Waals surface area (Å²) in [5.74, 6) is 1.29. The van der Waals surface area contributed by atoms with Crippen molar-refractivity contribution in [3.63, 3.8) is 0 Å². The van der Waals surface area contributed by atoms with Gasteiger partial charge in [0.15, 0.2) is 0 Å². The predicted octanol–water partition coefficient (Wildman–Crippen LogP) is 3.66. The van der Waals surface area contributed by atoms with Crippen molar-refractivity contribution < 1.29 is 4.74 Å². The van der Waals surface area contributed by atoms with Gasteiger partial charge in [-0.15, -0.1) is 0 Å². The van der Waals surface area contributed by atoms with Crippen molar-refractivity contribution in [3.8, 4) is 0 Å². The summed E-state index contributed by atoms with van der Waals surface area (Å²) in [7, 11) is 3.49. The first-order valence-electron chi connectivity index (χ1n) is 5.95. The van der Waals surface area contributed by atoms with Gasteiger partial charge in [0.2, 0.25) is 0 Å². The predicted molar refractivity (Wildman–Crippen MR) is 78.0 cm³/mol. The number of methoxy groups -OCH3 is 1. The molecule has 0 amide bonds. The van der Waals surface area contributed by atoms with Crippen LogP contribution in [0.5, 0.6) is 0 Å². The van der Waals surface area contributed by atoms with E-state index in [9.17, 15) is 0 Å². The number of aromatic nitrogens is 1. The summed E-state index contributed by atoms with van der Waals surface area (Å²) < 4.78 is 4.99. The Kier molecular flexibility index (Phi) is 7.16. The molecule has 2 N–H and O–H groups in total. The number of hydrogen-bond donors (Lipinski definition) is 2. The Morgan fingerprint density at radius 2 is 1.89 bits per heavy atom. The van der Waals surface area contributed by atoms with Crippen LogP contribution in [0.2, 0.25) is 10.0 Å². The van der Waals surface area contributed by atoms with Crippen LogP contribution in [0.1, 0.15) is 19.3 Å². The minimum atomic E-state index is 0.521. The first-order valence-corrected chi connectivity index (χ1v) is 6.71. The SMILES string of the molecule is CNc1nc(NCCCCCOC)c(Cl)cc1Cl. The number of pyridine rings is 1. The Morgan fingerprint density at radius 3 is 2.56 bits per heavy atom. The van der Waals surface area contributed by atoms with E-state index < -0.39 is 0 Å². The fourth-order valence-electron chi connectivity index (χ4n) is 1.52. The van der Waals surface area contributed by atoms with Crippen molar-refractivity contribution in [2.45, 2.75) is 19.3 Å². The second-order valence-corrected chi connectivity index (χ2v) is 4.69. The lowest BCUT2D eigenvalue weighted by molar-refractivity contribution is 0.192. The third-order valence-corrected chi connectivity index (χ3v) is 3.06. The van der Waals surface area contributed by atoms with Gasteiger partial charge in [0.05, 0.1) is 10.0 Å². The van der Waals surface area contributed by atoms with Crippen LogP contribution in [0.4, 0.5) is 11.6 Å². The lowest BCUT2D eigenvalue weighted by Gasteiger charge is -2.10. The van der Waals surface area contributed by atoms with Gasteiger partial charge in [-0.1, -0.05) is 23.2 Å². The fourth-order valence-corrected chi connectivity index (χ4v) is 2.04. The Balaban J connectivity index is 2.42. The molecular formula is C12H19Cl2N3O. The molecule has 0 fully saturated rings. The van der Waals surface area contributed by atoms with Crippen molar-refractivity contribution in [1.29, 1.82) is 0 Å². The van der Waals surface area contributed by atoms with Gasteiger partial charge in [-0.3, -0.25) is 0 Å². The molecule has 6 heteroatoms. The third-order valence-electron chi connectivity index (χ3n) is 2.48. The molecule has 1 rings (SSSR count). The molecule has 0 spiro atoms. The van der Waals surface area contributed by atoms with Crippen molar-refractivity contribution in [2.75, 3.05) is 37.9 Å². The maximum absolute atomic E-state index is 6.06. The molecule has 0 aliphatic heterocycles. The molecule has 1 heterocycles. The molecule has 0 aliphatic rings. The maximum Gasteiger partial charge on any atom is 0.147 e. The molecule has 0 saturated heterocycles. The highest BCUT2D eigenvalue weighted by atomic mass is 35.5. The van der Waals surface area contributed by atoms with Gasteiger partial charge in [0.25, 0.3) is 0 Å². The van der Waals surface area contributed by atoms with Gasteiger partial charge in [-0.25, -0.2) is 4.98 Å². The van der Waals surface area contributed by atoms with Gasteiger partial charge < -0.3 is 15.4 Å². The zero-order valence-electron chi connectivity index (χ0n) is 10.7.